The molecule has 0 aliphatic heterocycles. The molecule has 2 aromatic heterocycles. The van der Waals surface area contributed by atoms with Gasteiger partial charge in [-0.15, -0.1) is 0 Å². The largest absolute Gasteiger partial charge is 0.486 e. The average molecular weight is 336 g/mol. The normalized spacial score (nSPS) is 11.5. The Kier molecular flexibility index (Phi) is 4.00. The Morgan fingerprint density at radius 2 is 2.04 bits per heavy atom. The molecular formula is C16H12ClF2N3O. The van der Waals surface area contributed by atoms with Crippen molar-refractivity contribution in [1.82, 2.24) is 9.97 Å². The first-order valence-corrected chi connectivity index (χ1v) is 7.09. The minimum atomic E-state index is -0.807. The van der Waals surface area contributed by atoms with Crippen LogP contribution in [-0.4, -0.2) is 23.5 Å². The third-order valence-corrected chi connectivity index (χ3v) is 3.88. The predicted molar refractivity (Wildman–Crippen MR) is 86.4 cm³/mol. The van der Waals surface area contributed by atoms with Gasteiger partial charge in [-0.1, -0.05) is 17.7 Å². The zero-order valence-corrected chi connectivity index (χ0v) is 13.1. The van der Waals surface area contributed by atoms with Crippen LogP contribution >= 0.6 is 11.6 Å². The number of ether oxygens (including phenoxy) is 1. The number of methoxy groups -OCH3 is 1. The number of fused-ring (bicyclic) bond motifs is 1. The smallest absolute Gasteiger partial charge is 0.176 e. The Labute approximate surface area is 135 Å². The molecule has 7 heteroatoms. The number of halogens is 3. The second kappa shape index (κ2) is 5.96. The van der Waals surface area contributed by atoms with Crippen LogP contribution in [0.1, 0.15) is 5.69 Å². The maximum Gasteiger partial charge on any atom is 0.176 e. The first kappa shape index (κ1) is 15.4. The van der Waals surface area contributed by atoms with Gasteiger partial charge in [0.05, 0.1) is 23.3 Å². The molecule has 0 fully saturated rings. The van der Waals surface area contributed by atoms with Crippen molar-refractivity contribution in [3.8, 4) is 11.3 Å². The molecule has 0 aliphatic rings. The molecule has 0 amide bonds. The summed E-state index contributed by atoms with van der Waals surface area (Å²) >= 11 is 6.04. The van der Waals surface area contributed by atoms with Gasteiger partial charge in [0.25, 0.3) is 0 Å². The highest BCUT2D eigenvalue weighted by Gasteiger charge is 2.21. The molecule has 2 heterocycles. The van der Waals surface area contributed by atoms with Crippen molar-refractivity contribution in [1.29, 1.82) is 0 Å². The van der Waals surface area contributed by atoms with Gasteiger partial charge in [-0.2, -0.15) is 0 Å². The van der Waals surface area contributed by atoms with Gasteiger partial charge in [-0.05, 0) is 19.1 Å². The SMILES string of the molecule is COC=Nc1c(F)c(-c2ccc3cc[nH]c3c2F)nc(C)c1Cl. The third-order valence-electron chi connectivity index (χ3n) is 3.43. The number of aromatic amines is 1. The zero-order valence-electron chi connectivity index (χ0n) is 12.3. The van der Waals surface area contributed by atoms with E-state index < -0.39 is 11.6 Å². The van der Waals surface area contributed by atoms with Crippen molar-refractivity contribution in [3.05, 3.63) is 46.7 Å². The molecule has 4 nitrogen and oxygen atoms in total. The fourth-order valence-corrected chi connectivity index (χ4v) is 2.49. The molecule has 23 heavy (non-hydrogen) atoms. The van der Waals surface area contributed by atoms with Gasteiger partial charge in [0.2, 0.25) is 0 Å². The molecule has 0 aliphatic carbocycles. The molecule has 0 unspecified atom stereocenters. The van der Waals surface area contributed by atoms with Crippen LogP contribution in [0.15, 0.2) is 29.4 Å². The average Bonchev–Trinajstić information content (AvgIpc) is 3.01. The molecular weight excluding hydrogens is 324 g/mol. The minimum absolute atomic E-state index is 0.0334. The topological polar surface area (TPSA) is 50.3 Å². The quantitative estimate of drug-likeness (QED) is 0.553. The first-order valence-electron chi connectivity index (χ1n) is 6.71. The number of hydrogen-bond acceptors (Lipinski definition) is 3. The van der Waals surface area contributed by atoms with Crippen LogP contribution in [0.3, 0.4) is 0 Å². The van der Waals surface area contributed by atoms with Crippen molar-refractivity contribution >= 4 is 34.6 Å². The Morgan fingerprint density at radius 1 is 1.26 bits per heavy atom. The maximum atomic E-state index is 14.7. The van der Waals surface area contributed by atoms with Crippen LogP contribution in [0.4, 0.5) is 14.5 Å². The molecule has 1 aromatic carbocycles. The summed E-state index contributed by atoms with van der Waals surface area (Å²) in [4.78, 5) is 10.7. The summed E-state index contributed by atoms with van der Waals surface area (Å²) in [6, 6.07) is 4.90. The second-order valence-electron chi connectivity index (χ2n) is 4.86. The first-order chi connectivity index (χ1) is 11.0. The number of nitrogens with one attached hydrogen (secondary N) is 1. The highest BCUT2D eigenvalue weighted by atomic mass is 35.5. The van der Waals surface area contributed by atoms with Crippen LogP contribution in [0.25, 0.3) is 22.2 Å². The van der Waals surface area contributed by atoms with Gasteiger partial charge < -0.3 is 9.72 Å². The Bertz CT molecular complexity index is 921. The van der Waals surface area contributed by atoms with Crippen molar-refractivity contribution in [2.24, 2.45) is 4.99 Å². The maximum absolute atomic E-state index is 14.7. The molecule has 0 atom stereocenters. The van der Waals surface area contributed by atoms with Crippen LogP contribution in [0.2, 0.25) is 5.02 Å². The van der Waals surface area contributed by atoms with E-state index in [0.717, 1.165) is 6.40 Å². The standard InChI is InChI=1S/C16H12ClF2N3O/c1-8-11(17)16(21-7-23-2)13(19)15(22-8)10-4-3-9-5-6-20-14(9)12(10)18/h3-7,20H,1-2H3. The van der Waals surface area contributed by atoms with Gasteiger partial charge in [0, 0.05) is 17.1 Å². The molecule has 3 aromatic rings. The lowest BCUT2D eigenvalue weighted by atomic mass is 10.1. The Hall–Kier alpha value is -2.47. The number of benzene rings is 1. The molecule has 0 spiro atoms. The lowest BCUT2D eigenvalue weighted by Crippen LogP contribution is -1.98. The fourth-order valence-electron chi connectivity index (χ4n) is 2.32. The molecule has 118 valence electrons. The highest BCUT2D eigenvalue weighted by Crippen LogP contribution is 2.37. The highest BCUT2D eigenvalue weighted by molar-refractivity contribution is 6.33. The molecule has 1 N–H and O–H groups in total. The third kappa shape index (κ3) is 2.55. The van der Waals surface area contributed by atoms with Gasteiger partial charge in [0.15, 0.2) is 18.0 Å². The summed E-state index contributed by atoms with van der Waals surface area (Å²) in [6.45, 7) is 1.60. The molecule has 0 saturated heterocycles. The van der Waals surface area contributed by atoms with E-state index in [4.69, 9.17) is 16.3 Å². The number of aliphatic imine (C=N–C) groups is 1. The van der Waals surface area contributed by atoms with Gasteiger partial charge in [-0.25, -0.2) is 18.8 Å². The monoisotopic (exact) mass is 335 g/mol. The number of nitrogens with zero attached hydrogens (tertiary/aromatic N) is 2. The molecule has 0 bridgehead atoms. The van der Waals surface area contributed by atoms with E-state index in [0.29, 0.717) is 16.6 Å². The number of H-pyrrole nitrogens is 1. The lowest BCUT2D eigenvalue weighted by molar-refractivity contribution is 0.423. The van der Waals surface area contributed by atoms with Crippen LogP contribution in [-0.2, 0) is 4.74 Å². The summed E-state index contributed by atoms with van der Waals surface area (Å²) in [5, 5.41) is 0.746. The Morgan fingerprint density at radius 3 is 2.78 bits per heavy atom. The van der Waals surface area contributed by atoms with E-state index in [1.807, 2.05) is 0 Å². The van der Waals surface area contributed by atoms with Gasteiger partial charge in [-0.3, -0.25) is 0 Å². The summed E-state index contributed by atoms with van der Waals surface area (Å²) in [6.07, 6.45) is 2.67. The van der Waals surface area contributed by atoms with Crippen molar-refractivity contribution in [2.45, 2.75) is 6.92 Å². The van der Waals surface area contributed by atoms with Crippen LogP contribution in [0.5, 0.6) is 0 Å². The van der Waals surface area contributed by atoms with Crippen LogP contribution in [0, 0.1) is 18.6 Å². The number of aryl methyl sites for hydroxylation is 1. The van der Waals surface area contributed by atoms with E-state index in [9.17, 15) is 8.78 Å². The van der Waals surface area contributed by atoms with Gasteiger partial charge in [0.1, 0.15) is 11.4 Å². The predicted octanol–water partition coefficient (Wildman–Crippen LogP) is 4.78. The zero-order chi connectivity index (χ0) is 16.6. The summed E-state index contributed by atoms with van der Waals surface area (Å²) in [7, 11) is 1.38. The van der Waals surface area contributed by atoms with Gasteiger partial charge >= 0.3 is 0 Å². The van der Waals surface area contributed by atoms with E-state index >= 15 is 0 Å². The van der Waals surface area contributed by atoms with E-state index in [-0.39, 0.29) is 22.0 Å². The summed E-state index contributed by atoms with van der Waals surface area (Å²) < 4.78 is 34.1. The van der Waals surface area contributed by atoms with Crippen LogP contribution < -0.4 is 0 Å². The van der Waals surface area contributed by atoms with Crippen molar-refractivity contribution < 1.29 is 13.5 Å². The van der Waals surface area contributed by atoms with E-state index in [2.05, 4.69) is 15.0 Å². The van der Waals surface area contributed by atoms with Crippen molar-refractivity contribution in [2.75, 3.05) is 7.11 Å². The number of aromatic nitrogens is 2. The molecule has 0 saturated carbocycles. The second-order valence-corrected chi connectivity index (χ2v) is 5.24. The lowest BCUT2D eigenvalue weighted by Gasteiger charge is -2.10. The summed E-state index contributed by atoms with van der Waals surface area (Å²) in [5.74, 6) is -1.39. The van der Waals surface area contributed by atoms with E-state index in [1.54, 1.807) is 25.3 Å². The number of hydrogen-bond donors (Lipinski definition) is 1. The molecule has 0 radical (unpaired) electrons. The van der Waals surface area contributed by atoms with Crippen molar-refractivity contribution in [3.63, 3.8) is 0 Å². The Balaban J connectivity index is 2.28. The number of rotatable bonds is 3. The number of pyridine rings is 1. The summed E-state index contributed by atoms with van der Waals surface area (Å²) in [5.41, 5.74) is 0.382. The molecule has 3 rings (SSSR count). The van der Waals surface area contributed by atoms with E-state index in [1.165, 1.54) is 13.2 Å². The fraction of sp³-hybridized carbons (Fsp3) is 0.125. The minimum Gasteiger partial charge on any atom is -0.486 e.